The molecule has 0 bridgehead atoms. The number of hydrogen-bond donors (Lipinski definition) is 1. The first-order chi connectivity index (χ1) is 9.85. The lowest BCUT2D eigenvalue weighted by molar-refractivity contribution is 1.11. The molecule has 1 nitrogen and oxygen atoms in total. The van der Waals surface area contributed by atoms with Crippen molar-refractivity contribution < 1.29 is 0 Å². The third kappa shape index (κ3) is 2.98. The fraction of sp³-hybridized carbons (Fsp3) is 0.111. The summed E-state index contributed by atoms with van der Waals surface area (Å²) in [5, 5.41) is 0. The zero-order valence-corrected chi connectivity index (χ0v) is 12.1. The van der Waals surface area contributed by atoms with Crippen LogP contribution in [-0.2, 0) is 13.0 Å². The van der Waals surface area contributed by atoms with Gasteiger partial charge in [0, 0.05) is 16.3 Å². The van der Waals surface area contributed by atoms with E-state index in [9.17, 15) is 0 Å². The van der Waals surface area contributed by atoms with E-state index in [1.165, 1.54) is 26.4 Å². The molecule has 1 aromatic heterocycles. The molecule has 3 rings (SSSR count). The highest BCUT2D eigenvalue weighted by atomic mass is 32.1. The third-order valence-electron chi connectivity index (χ3n) is 3.35. The number of nitrogens with two attached hydrogens (primary N) is 1. The van der Waals surface area contributed by atoms with Crippen molar-refractivity contribution in [3.8, 4) is 10.4 Å². The monoisotopic (exact) mass is 279 g/mol. The molecule has 0 atom stereocenters. The second kappa shape index (κ2) is 6.04. The van der Waals surface area contributed by atoms with Crippen molar-refractivity contribution in [1.29, 1.82) is 0 Å². The molecule has 2 aromatic carbocycles. The largest absolute Gasteiger partial charge is 0.326 e. The fourth-order valence-electron chi connectivity index (χ4n) is 2.26. The Morgan fingerprint density at radius 3 is 2.10 bits per heavy atom. The highest BCUT2D eigenvalue weighted by molar-refractivity contribution is 7.15. The predicted molar refractivity (Wildman–Crippen MR) is 86.9 cm³/mol. The minimum absolute atomic E-state index is 0.622. The molecule has 0 saturated heterocycles. The van der Waals surface area contributed by atoms with Gasteiger partial charge in [-0.1, -0.05) is 54.6 Å². The van der Waals surface area contributed by atoms with Crippen molar-refractivity contribution in [3.05, 3.63) is 82.7 Å². The van der Waals surface area contributed by atoms with Crippen molar-refractivity contribution in [2.45, 2.75) is 13.0 Å². The number of benzene rings is 2. The first-order valence-corrected chi connectivity index (χ1v) is 7.59. The second-order valence-electron chi connectivity index (χ2n) is 4.83. The molecule has 0 saturated carbocycles. The van der Waals surface area contributed by atoms with Crippen molar-refractivity contribution in [3.63, 3.8) is 0 Å². The van der Waals surface area contributed by atoms with Crippen molar-refractivity contribution in [2.24, 2.45) is 5.73 Å². The van der Waals surface area contributed by atoms with Gasteiger partial charge >= 0.3 is 0 Å². The van der Waals surface area contributed by atoms with Gasteiger partial charge in [-0.2, -0.15) is 0 Å². The summed E-state index contributed by atoms with van der Waals surface area (Å²) in [6.07, 6.45) is 0.986. The van der Waals surface area contributed by atoms with E-state index in [1.807, 2.05) is 0 Å². The van der Waals surface area contributed by atoms with E-state index >= 15 is 0 Å². The van der Waals surface area contributed by atoms with E-state index in [1.54, 1.807) is 11.3 Å². The maximum atomic E-state index is 5.66. The van der Waals surface area contributed by atoms with Gasteiger partial charge in [0.2, 0.25) is 0 Å². The first kappa shape index (κ1) is 13.1. The van der Waals surface area contributed by atoms with E-state index in [0.29, 0.717) is 6.54 Å². The van der Waals surface area contributed by atoms with Crippen LogP contribution in [0.15, 0.2) is 66.7 Å². The molecular weight excluding hydrogens is 262 g/mol. The van der Waals surface area contributed by atoms with Gasteiger partial charge in [-0.3, -0.25) is 0 Å². The molecule has 0 spiro atoms. The zero-order valence-electron chi connectivity index (χ0n) is 11.3. The molecule has 3 aromatic rings. The van der Waals surface area contributed by atoms with Crippen molar-refractivity contribution in [1.82, 2.24) is 0 Å². The van der Waals surface area contributed by atoms with Crippen LogP contribution in [0.25, 0.3) is 10.4 Å². The standard InChI is InChI=1S/C18H17NS/c19-13-17-10-11-18(20-17)16-8-6-15(7-9-16)12-14-4-2-1-3-5-14/h1-11H,12-13,19H2. The van der Waals surface area contributed by atoms with Crippen LogP contribution in [0, 0.1) is 0 Å². The Hall–Kier alpha value is -1.90. The highest BCUT2D eigenvalue weighted by Crippen LogP contribution is 2.28. The minimum atomic E-state index is 0.622. The molecular formula is C18H17NS. The SMILES string of the molecule is NCc1ccc(-c2ccc(Cc3ccccc3)cc2)s1. The van der Waals surface area contributed by atoms with Gasteiger partial charge in [-0.25, -0.2) is 0 Å². The molecule has 2 N–H and O–H groups in total. The Bertz CT molecular complexity index is 668. The molecule has 0 aliphatic carbocycles. The Labute approximate surface area is 123 Å². The van der Waals surface area contributed by atoms with Crippen LogP contribution in [0.5, 0.6) is 0 Å². The Morgan fingerprint density at radius 1 is 0.750 bits per heavy atom. The number of hydrogen-bond acceptors (Lipinski definition) is 2. The molecule has 0 fully saturated rings. The van der Waals surface area contributed by atoms with E-state index in [-0.39, 0.29) is 0 Å². The van der Waals surface area contributed by atoms with Crippen LogP contribution < -0.4 is 5.73 Å². The molecule has 0 radical (unpaired) electrons. The fourth-order valence-corrected chi connectivity index (χ4v) is 3.15. The van der Waals surface area contributed by atoms with Crippen molar-refractivity contribution in [2.75, 3.05) is 0 Å². The molecule has 0 aliphatic rings. The van der Waals surface area contributed by atoms with Gasteiger partial charge < -0.3 is 5.73 Å². The van der Waals surface area contributed by atoms with E-state index < -0.39 is 0 Å². The summed E-state index contributed by atoms with van der Waals surface area (Å²) in [4.78, 5) is 2.52. The normalized spacial score (nSPS) is 10.7. The lowest BCUT2D eigenvalue weighted by Gasteiger charge is -2.03. The molecule has 2 heteroatoms. The predicted octanol–water partition coefficient (Wildman–Crippen LogP) is 4.46. The minimum Gasteiger partial charge on any atom is -0.326 e. The molecule has 0 aliphatic heterocycles. The smallest absolute Gasteiger partial charge is 0.0346 e. The zero-order chi connectivity index (χ0) is 13.8. The van der Waals surface area contributed by atoms with E-state index in [2.05, 4.69) is 66.7 Å². The Balaban J connectivity index is 1.77. The summed E-state index contributed by atoms with van der Waals surface area (Å²) in [5.41, 5.74) is 9.62. The van der Waals surface area contributed by atoms with Crippen molar-refractivity contribution >= 4 is 11.3 Å². The maximum absolute atomic E-state index is 5.66. The van der Waals surface area contributed by atoms with Gasteiger partial charge in [-0.05, 0) is 35.2 Å². The number of rotatable bonds is 4. The van der Waals surface area contributed by atoms with Crippen LogP contribution in [0.1, 0.15) is 16.0 Å². The average molecular weight is 279 g/mol. The summed E-state index contributed by atoms with van der Waals surface area (Å²) in [5.74, 6) is 0. The Morgan fingerprint density at radius 2 is 1.45 bits per heavy atom. The molecule has 0 unspecified atom stereocenters. The van der Waals surface area contributed by atoms with Crippen LogP contribution in [-0.4, -0.2) is 0 Å². The van der Waals surface area contributed by atoms with Crippen LogP contribution in [0.2, 0.25) is 0 Å². The van der Waals surface area contributed by atoms with Crippen LogP contribution >= 0.6 is 11.3 Å². The summed E-state index contributed by atoms with van der Waals surface area (Å²) in [6.45, 7) is 0.622. The lowest BCUT2D eigenvalue weighted by atomic mass is 10.0. The van der Waals surface area contributed by atoms with Gasteiger partial charge in [-0.15, -0.1) is 11.3 Å². The lowest BCUT2D eigenvalue weighted by Crippen LogP contribution is -1.91. The average Bonchev–Trinajstić information content (AvgIpc) is 2.98. The third-order valence-corrected chi connectivity index (χ3v) is 4.51. The molecule has 0 amide bonds. The van der Waals surface area contributed by atoms with Gasteiger partial charge in [0.05, 0.1) is 0 Å². The second-order valence-corrected chi connectivity index (χ2v) is 6.00. The quantitative estimate of drug-likeness (QED) is 0.749. The highest BCUT2D eigenvalue weighted by Gasteiger charge is 2.02. The van der Waals surface area contributed by atoms with Crippen LogP contribution in [0.4, 0.5) is 0 Å². The van der Waals surface area contributed by atoms with Crippen LogP contribution in [0.3, 0.4) is 0 Å². The Kier molecular flexibility index (Phi) is 3.95. The van der Waals surface area contributed by atoms with Gasteiger partial charge in [0.1, 0.15) is 0 Å². The van der Waals surface area contributed by atoms with E-state index in [0.717, 1.165) is 6.42 Å². The summed E-state index contributed by atoms with van der Waals surface area (Å²) in [7, 11) is 0. The topological polar surface area (TPSA) is 26.0 Å². The van der Waals surface area contributed by atoms with E-state index in [4.69, 9.17) is 5.73 Å². The van der Waals surface area contributed by atoms with Gasteiger partial charge in [0.25, 0.3) is 0 Å². The maximum Gasteiger partial charge on any atom is 0.0346 e. The first-order valence-electron chi connectivity index (χ1n) is 6.77. The summed E-state index contributed by atoms with van der Waals surface area (Å²) < 4.78 is 0. The van der Waals surface area contributed by atoms with Gasteiger partial charge in [0.15, 0.2) is 0 Å². The molecule has 100 valence electrons. The summed E-state index contributed by atoms with van der Waals surface area (Å²) in [6, 6.07) is 23.6. The molecule has 1 heterocycles. The number of thiophene rings is 1. The molecule has 20 heavy (non-hydrogen) atoms. The summed E-state index contributed by atoms with van der Waals surface area (Å²) >= 11 is 1.77.